The molecule has 1 aromatic carbocycles. The highest BCUT2D eigenvalue weighted by atomic mass is 35.5. The summed E-state index contributed by atoms with van der Waals surface area (Å²) in [6.45, 7) is 4.05. The first-order valence-corrected chi connectivity index (χ1v) is 5.56. The van der Waals surface area contributed by atoms with Crippen molar-refractivity contribution in [2.75, 3.05) is 0 Å². The van der Waals surface area contributed by atoms with E-state index in [0.29, 0.717) is 0 Å². The standard InChI is InChI=1S/C11H10ClNS/c1-7-11(14-8(2)13-7)9-4-3-5-10(12)6-9/h3-6H,1-2H3. The molecule has 1 nitrogen and oxygen atoms in total. The van der Waals surface area contributed by atoms with E-state index in [4.69, 9.17) is 11.6 Å². The van der Waals surface area contributed by atoms with Crippen molar-refractivity contribution < 1.29 is 0 Å². The van der Waals surface area contributed by atoms with Crippen LogP contribution in [-0.2, 0) is 0 Å². The predicted molar refractivity (Wildman–Crippen MR) is 62.0 cm³/mol. The summed E-state index contributed by atoms with van der Waals surface area (Å²) in [6.07, 6.45) is 0. The van der Waals surface area contributed by atoms with Gasteiger partial charge in [0.1, 0.15) is 0 Å². The molecule has 2 rings (SSSR count). The molecule has 0 aliphatic carbocycles. The molecule has 0 unspecified atom stereocenters. The molecule has 0 bridgehead atoms. The second kappa shape index (κ2) is 3.71. The first-order chi connectivity index (χ1) is 6.66. The molecular formula is C11H10ClNS. The van der Waals surface area contributed by atoms with Gasteiger partial charge in [0.25, 0.3) is 0 Å². The molecule has 0 fully saturated rings. The Morgan fingerprint density at radius 2 is 2.07 bits per heavy atom. The molecule has 1 heterocycles. The van der Waals surface area contributed by atoms with Crippen LogP contribution in [0.1, 0.15) is 10.7 Å². The van der Waals surface area contributed by atoms with Gasteiger partial charge in [0, 0.05) is 5.02 Å². The first-order valence-electron chi connectivity index (χ1n) is 4.37. The summed E-state index contributed by atoms with van der Waals surface area (Å²) >= 11 is 7.64. The Bertz CT molecular complexity index is 462. The van der Waals surface area contributed by atoms with Gasteiger partial charge in [-0.15, -0.1) is 11.3 Å². The highest BCUT2D eigenvalue weighted by Crippen LogP contribution is 2.30. The molecule has 0 aliphatic heterocycles. The van der Waals surface area contributed by atoms with Crippen LogP contribution in [-0.4, -0.2) is 4.98 Å². The molecule has 14 heavy (non-hydrogen) atoms. The minimum atomic E-state index is 0.771. The minimum absolute atomic E-state index is 0.771. The van der Waals surface area contributed by atoms with Crippen molar-refractivity contribution >= 4 is 22.9 Å². The van der Waals surface area contributed by atoms with Crippen LogP contribution in [0.25, 0.3) is 10.4 Å². The van der Waals surface area contributed by atoms with Crippen LogP contribution in [0.2, 0.25) is 5.02 Å². The Morgan fingerprint density at radius 1 is 1.29 bits per heavy atom. The second-order valence-electron chi connectivity index (χ2n) is 3.16. The van der Waals surface area contributed by atoms with Crippen molar-refractivity contribution in [1.29, 1.82) is 0 Å². The van der Waals surface area contributed by atoms with Gasteiger partial charge in [-0.3, -0.25) is 0 Å². The lowest BCUT2D eigenvalue weighted by Gasteiger charge is -1.98. The number of aromatic nitrogens is 1. The van der Waals surface area contributed by atoms with E-state index in [1.165, 1.54) is 4.88 Å². The van der Waals surface area contributed by atoms with Gasteiger partial charge >= 0.3 is 0 Å². The summed E-state index contributed by atoms with van der Waals surface area (Å²) in [6, 6.07) is 7.88. The molecule has 3 heteroatoms. The van der Waals surface area contributed by atoms with Gasteiger partial charge in [-0.05, 0) is 31.5 Å². The second-order valence-corrected chi connectivity index (χ2v) is 4.80. The zero-order valence-electron chi connectivity index (χ0n) is 8.04. The number of aryl methyl sites for hydroxylation is 2. The van der Waals surface area contributed by atoms with Gasteiger partial charge in [0.15, 0.2) is 0 Å². The highest BCUT2D eigenvalue weighted by molar-refractivity contribution is 7.15. The zero-order chi connectivity index (χ0) is 10.1. The van der Waals surface area contributed by atoms with Crippen molar-refractivity contribution in [3.8, 4) is 10.4 Å². The molecule has 0 spiro atoms. The van der Waals surface area contributed by atoms with E-state index in [1.54, 1.807) is 11.3 Å². The summed E-state index contributed by atoms with van der Waals surface area (Å²) in [4.78, 5) is 5.61. The molecule has 0 aliphatic rings. The number of benzene rings is 1. The molecule has 0 radical (unpaired) electrons. The van der Waals surface area contributed by atoms with Crippen molar-refractivity contribution in [2.24, 2.45) is 0 Å². The molecule has 72 valence electrons. The lowest BCUT2D eigenvalue weighted by atomic mass is 10.2. The minimum Gasteiger partial charge on any atom is -0.246 e. The predicted octanol–water partition coefficient (Wildman–Crippen LogP) is 4.08. The van der Waals surface area contributed by atoms with Crippen molar-refractivity contribution in [1.82, 2.24) is 4.98 Å². The number of hydrogen-bond acceptors (Lipinski definition) is 2. The van der Waals surface area contributed by atoms with Crippen LogP contribution in [0, 0.1) is 13.8 Å². The van der Waals surface area contributed by atoms with Gasteiger partial charge in [-0.1, -0.05) is 23.7 Å². The smallest absolute Gasteiger partial charge is 0.0903 e. The Balaban J connectivity index is 2.54. The molecule has 0 atom stereocenters. The van der Waals surface area contributed by atoms with E-state index in [2.05, 4.69) is 11.1 Å². The highest BCUT2D eigenvalue weighted by Gasteiger charge is 2.06. The van der Waals surface area contributed by atoms with Gasteiger partial charge in [-0.2, -0.15) is 0 Å². The van der Waals surface area contributed by atoms with Crippen LogP contribution >= 0.6 is 22.9 Å². The van der Waals surface area contributed by atoms with Crippen molar-refractivity contribution in [3.05, 3.63) is 40.0 Å². The van der Waals surface area contributed by atoms with Crippen LogP contribution in [0.4, 0.5) is 0 Å². The van der Waals surface area contributed by atoms with Crippen molar-refractivity contribution in [2.45, 2.75) is 13.8 Å². The van der Waals surface area contributed by atoms with E-state index in [9.17, 15) is 0 Å². The Morgan fingerprint density at radius 3 is 2.64 bits per heavy atom. The van der Waals surface area contributed by atoms with E-state index in [-0.39, 0.29) is 0 Å². The molecule has 0 N–H and O–H groups in total. The van der Waals surface area contributed by atoms with E-state index < -0.39 is 0 Å². The molecule has 0 saturated heterocycles. The van der Waals surface area contributed by atoms with E-state index >= 15 is 0 Å². The van der Waals surface area contributed by atoms with Gasteiger partial charge in [0.2, 0.25) is 0 Å². The number of thiazole rings is 1. The summed E-state index contributed by atoms with van der Waals surface area (Å²) in [5.74, 6) is 0. The lowest BCUT2D eigenvalue weighted by Crippen LogP contribution is -1.77. The van der Waals surface area contributed by atoms with Crippen molar-refractivity contribution in [3.63, 3.8) is 0 Å². The molecule has 1 aromatic heterocycles. The molecule has 2 aromatic rings. The normalized spacial score (nSPS) is 10.5. The summed E-state index contributed by atoms with van der Waals surface area (Å²) < 4.78 is 0. The third kappa shape index (κ3) is 1.81. The van der Waals surface area contributed by atoms with Crippen LogP contribution < -0.4 is 0 Å². The monoisotopic (exact) mass is 223 g/mol. The number of rotatable bonds is 1. The molecular weight excluding hydrogens is 214 g/mol. The third-order valence-corrected chi connectivity index (χ3v) is 3.35. The maximum Gasteiger partial charge on any atom is 0.0903 e. The Labute approximate surface area is 92.4 Å². The average molecular weight is 224 g/mol. The number of hydrogen-bond donors (Lipinski definition) is 0. The summed E-state index contributed by atoms with van der Waals surface area (Å²) in [5.41, 5.74) is 2.23. The topological polar surface area (TPSA) is 12.9 Å². The first kappa shape index (κ1) is 9.69. The van der Waals surface area contributed by atoms with Crippen LogP contribution in [0.5, 0.6) is 0 Å². The summed E-state index contributed by atoms with van der Waals surface area (Å²) in [5, 5.41) is 1.87. The fraction of sp³-hybridized carbons (Fsp3) is 0.182. The Hall–Kier alpha value is -0.860. The van der Waals surface area contributed by atoms with E-state index in [1.807, 2.05) is 32.0 Å². The van der Waals surface area contributed by atoms with Gasteiger partial charge < -0.3 is 0 Å². The fourth-order valence-corrected chi connectivity index (χ4v) is 2.54. The van der Waals surface area contributed by atoms with Crippen LogP contribution in [0.15, 0.2) is 24.3 Å². The molecule has 0 saturated carbocycles. The van der Waals surface area contributed by atoms with Gasteiger partial charge in [0.05, 0.1) is 15.6 Å². The Kier molecular flexibility index (Phi) is 2.57. The van der Waals surface area contributed by atoms with Crippen LogP contribution in [0.3, 0.4) is 0 Å². The summed E-state index contributed by atoms with van der Waals surface area (Å²) in [7, 11) is 0. The zero-order valence-corrected chi connectivity index (χ0v) is 9.62. The maximum atomic E-state index is 5.94. The molecule has 0 amide bonds. The van der Waals surface area contributed by atoms with E-state index in [0.717, 1.165) is 21.3 Å². The number of nitrogens with zero attached hydrogens (tertiary/aromatic N) is 1. The number of halogens is 1. The lowest BCUT2D eigenvalue weighted by molar-refractivity contribution is 1.20. The maximum absolute atomic E-state index is 5.94. The third-order valence-electron chi connectivity index (χ3n) is 1.99. The quantitative estimate of drug-likeness (QED) is 0.710. The fourth-order valence-electron chi connectivity index (χ4n) is 1.43. The largest absolute Gasteiger partial charge is 0.246 e. The SMILES string of the molecule is Cc1nc(C)c(-c2cccc(Cl)c2)s1. The average Bonchev–Trinajstić information content (AvgIpc) is 2.45. The van der Waals surface area contributed by atoms with Gasteiger partial charge in [-0.25, -0.2) is 4.98 Å².